The van der Waals surface area contributed by atoms with E-state index in [1.54, 1.807) is 6.92 Å². The van der Waals surface area contributed by atoms with Crippen molar-refractivity contribution in [3.63, 3.8) is 0 Å². The predicted octanol–water partition coefficient (Wildman–Crippen LogP) is -0.0224. The Labute approximate surface area is 86.6 Å². The van der Waals surface area contributed by atoms with Crippen molar-refractivity contribution in [2.45, 2.75) is 19.9 Å². The molecular weight excluding hydrogens is 206 g/mol. The lowest BCUT2D eigenvalue weighted by atomic mass is 10.3. The van der Waals surface area contributed by atoms with Crippen LogP contribution in [-0.2, 0) is 19.1 Å². The van der Waals surface area contributed by atoms with E-state index >= 15 is 0 Å². The van der Waals surface area contributed by atoms with Crippen molar-refractivity contribution in [2.75, 3.05) is 12.4 Å². The molecule has 0 aromatic carbocycles. The topological polar surface area (TPSA) is 72.5 Å². The Morgan fingerprint density at radius 1 is 1.57 bits per heavy atom. The van der Waals surface area contributed by atoms with Gasteiger partial charge >= 0.3 is 5.97 Å². The van der Waals surface area contributed by atoms with E-state index in [9.17, 15) is 14.4 Å². The van der Waals surface area contributed by atoms with Gasteiger partial charge in [0.2, 0.25) is 5.91 Å². The average molecular weight is 219 g/mol. The minimum absolute atomic E-state index is 0.196. The first-order valence-electron chi connectivity index (χ1n) is 4.10. The summed E-state index contributed by atoms with van der Waals surface area (Å²) >= 11 is 0.916. The van der Waals surface area contributed by atoms with Gasteiger partial charge in [-0.2, -0.15) is 0 Å². The Hall–Kier alpha value is -1.04. The number of carbonyl (C=O) groups is 3. The van der Waals surface area contributed by atoms with Gasteiger partial charge < -0.3 is 10.1 Å². The largest absolute Gasteiger partial charge is 0.464 e. The Kier molecular flexibility index (Phi) is 6.82. The summed E-state index contributed by atoms with van der Waals surface area (Å²) in [6.45, 7) is 3.23. The van der Waals surface area contributed by atoms with E-state index in [2.05, 4.69) is 5.32 Å². The van der Waals surface area contributed by atoms with E-state index in [4.69, 9.17) is 4.74 Å². The van der Waals surface area contributed by atoms with Crippen LogP contribution in [0.15, 0.2) is 0 Å². The fourth-order valence-corrected chi connectivity index (χ4v) is 1.28. The van der Waals surface area contributed by atoms with Crippen molar-refractivity contribution in [3.8, 4) is 0 Å². The number of thioether (sulfide) groups is 1. The van der Waals surface area contributed by atoms with Gasteiger partial charge in [-0.1, -0.05) is 11.8 Å². The Morgan fingerprint density at radius 3 is 2.64 bits per heavy atom. The smallest absolute Gasteiger partial charge is 0.329 e. The number of hydrogen-bond donors (Lipinski definition) is 1. The minimum atomic E-state index is -0.748. The molecule has 0 radical (unpaired) electrons. The zero-order valence-corrected chi connectivity index (χ0v) is 8.93. The molecule has 6 heteroatoms. The predicted molar refractivity (Wildman–Crippen MR) is 53.4 cm³/mol. The van der Waals surface area contributed by atoms with Crippen LogP contribution in [0, 0.1) is 0 Å². The molecule has 0 saturated heterocycles. The molecule has 0 saturated carbocycles. The lowest BCUT2D eigenvalue weighted by molar-refractivity contribution is -0.146. The van der Waals surface area contributed by atoms with Crippen LogP contribution in [0.5, 0.6) is 0 Å². The summed E-state index contributed by atoms with van der Waals surface area (Å²) in [5.74, 6) is -0.645. The third-order valence-electron chi connectivity index (χ3n) is 1.28. The summed E-state index contributed by atoms with van der Waals surface area (Å²) in [6, 6.07) is -0.748. The van der Waals surface area contributed by atoms with Gasteiger partial charge in [0.15, 0.2) is 5.62 Å². The quantitative estimate of drug-likeness (QED) is 0.502. The summed E-state index contributed by atoms with van der Waals surface area (Å²) in [4.78, 5) is 32.0. The van der Waals surface area contributed by atoms with Crippen molar-refractivity contribution in [2.24, 2.45) is 0 Å². The number of ether oxygens (including phenoxy) is 1. The number of hydrogen-bond acceptors (Lipinski definition) is 5. The highest BCUT2D eigenvalue weighted by molar-refractivity contribution is 8.11. The van der Waals surface area contributed by atoms with Gasteiger partial charge in [0, 0.05) is 12.7 Å². The molecular formula is C8H13NO4S. The SMILES string of the molecule is CCOC(=O)C(CSC=O)NC(C)=O. The Morgan fingerprint density at radius 2 is 2.21 bits per heavy atom. The molecule has 5 nitrogen and oxygen atoms in total. The number of nitrogens with one attached hydrogen (secondary N) is 1. The molecule has 1 atom stereocenters. The van der Waals surface area contributed by atoms with Crippen molar-refractivity contribution in [1.82, 2.24) is 5.32 Å². The van der Waals surface area contributed by atoms with Crippen LogP contribution < -0.4 is 5.32 Å². The molecule has 80 valence electrons. The van der Waals surface area contributed by atoms with Gasteiger partial charge in [-0.15, -0.1) is 0 Å². The van der Waals surface area contributed by atoms with Crippen LogP contribution in [0.2, 0.25) is 0 Å². The second-order valence-corrected chi connectivity index (χ2v) is 3.29. The van der Waals surface area contributed by atoms with Crippen LogP contribution in [-0.4, -0.2) is 35.9 Å². The Bertz CT molecular complexity index is 219. The molecule has 0 aliphatic carbocycles. The molecule has 1 unspecified atom stereocenters. The zero-order valence-electron chi connectivity index (χ0n) is 8.11. The van der Waals surface area contributed by atoms with Crippen LogP contribution >= 0.6 is 11.8 Å². The van der Waals surface area contributed by atoms with Crippen molar-refractivity contribution < 1.29 is 19.1 Å². The average Bonchev–Trinajstić information content (AvgIpc) is 2.12. The first-order chi connectivity index (χ1) is 6.61. The molecule has 14 heavy (non-hydrogen) atoms. The summed E-state index contributed by atoms with van der Waals surface area (Å²) in [5.41, 5.74) is 0.619. The van der Waals surface area contributed by atoms with E-state index in [-0.39, 0.29) is 18.3 Å². The lowest BCUT2D eigenvalue weighted by Crippen LogP contribution is -2.42. The summed E-state index contributed by atoms with van der Waals surface area (Å²) in [6.07, 6.45) is 0. The molecule has 0 aromatic heterocycles. The first-order valence-corrected chi connectivity index (χ1v) is 5.15. The van der Waals surface area contributed by atoms with Gasteiger partial charge in [0.05, 0.1) is 6.61 Å². The molecule has 1 amide bonds. The highest BCUT2D eigenvalue weighted by atomic mass is 32.2. The van der Waals surface area contributed by atoms with Gasteiger partial charge in [0.1, 0.15) is 6.04 Å². The number of carbonyl (C=O) groups excluding carboxylic acids is 3. The molecule has 0 aliphatic rings. The first kappa shape index (κ1) is 13.0. The molecule has 0 aromatic rings. The molecule has 0 fully saturated rings. The van der Waals surface area contributed by atoms with Crippen molar-refractivity contribution in [3.05, 3.63) is 0 Å². The summed E-state index contributed by atoms with van der Waals surface area (Å²) in [7, 11) is 0. The van der Waals surface area contributed by atoms with E-state index in [1.165, 1.54) is 6.92 Å². The monoisotopic (exact) mass is 219 g/mol. The maximum absolute atomic E-state index is 11.2. The van der Waals surface area contributed by atoms with E-state index in [1.807, 2.05) is 0 Å². The van der Waals surface area contributed by atoms with Crippen molar-refractivity contribution in [1.29, 1.82) is 0 Å². The molecule has 0 rings (SSSR count). The van der Waals surface area contributed by atoms with E-state index in [0.717, 1.165) is 11.8 Å². The molecule has 1 N–H and O–H groups in total. The maximum Gasteiger partial charge on any atom is 0.329 e. The van der Waals surface area contributed by atoms with E-state index in [0.29, 0.717) is 5.62 Å². The van der Waals surface area contributed by atoms with E-state index < -0.39 is 12.0 Å². The summed E-state index contributed by atoms with van der Waals surface area (Å²) in [5, 5.41) is 2.41. The lowest BCUT2D eigenvalue weighted by Gasteiger charge is -2.14. The molecule has 0 spiro atoms. The summed E-state index contributed by atoms with van der Waals surface area (Å²) < 4.78 is 4.72. The second kappa shape index (κ2) is 7.37. The van der Waals surface area contributed by atoms with Gasteiger partial charge in [-0.05, 0) is 6.92 Å². The Balaban J connectivity index is 4.14. The highest BCUT2D eigenvalue weighted by Crippen LogP contribution is 2.00. The third-order valence-corrected chi connectivity index (χ3v) is 1.94. The van der Waals surface area contributed by atoms with Gasteiger partial charge in [-0.25, -0.2) is 4.79 Å². The maximum atomic E-state index is 11.2. The van der Waals surface area contributed by atoms with Crippen molar-refractivity contribution >= 4 is 29.3 Å². The highest BCUT2D eigenvalue weighted by Gasteiger charge is 2.20. The number of rotatable bonds is 6. The standard InChI is InChI=1S/C8H13NO4S/c1-3-13-8(12)7(4-14-5-10)9-6(2)11/h5,7H,3-4H2,1-2H3,(H,9,11). The number of esters is 1. The third kappa shape index (κ3) is 5.58. The van der Waals surface area contributed by atoms with Crippen LogP contribution in [0.1, 0.15) is 13.8 Å². The van der Waals surface area contributed by atoms with Crippen LogP contribution in [0.25, 0.3) is 0 Å². The van der Waals surface area contributed by atoms with Gasteiger partial charge in [0.25, 0.3) is 0 Å². The molecule has 0 bridgehead atoms. The minimum Gasteiger partial charge on any atom is -0.464 e. The molecule has 0 aliphatic heterocycles. The van der Waals surface area contributed by atoms with Crippen LogP contribution in [0.3, 0.4) is 0 Å². The second-order valence-electron chi connectivity index (χ2n) is 2.43. The van der Waals surface area contributed by atoms with Crippen LogP contribution in [0.4, 0.5) is 0 Å². The zero-order chi connectivity index (χ0) is 11.0. The normalized spacial score (nSPS) is 11.6. The molecule has 0 heterocycles. The fourth-order valence-electron chi connectivity index (χ4n) is 0.792. The fraction of sp³-hybridized carbons (Fsp3) is 0.625. The van der Waals surface area contributed by atoms with Gasteiger partial charge in [-0.3, -0.25) is 9.59 Å². The number of amides is 1.